The molecule has 0 spiro atoms. The molecule has 0 aromatic carbocycles. The minimum atomic E-state index is 0.0000246. The van der Waals surface area contributed by atoms with Crippen LogP contribution in [0.3, 0.4) is 0 Å². The van der Waals surface area contributed by atoms with Crippen LogP contribution < -0.4 is 5.73 Å². The first-order chi connectivity index (χ1) is 7.60. The van der Waals surface area contributed by atoms with Gasteiger partial charge in [-0.3, -0.25) is 4.79 Å². The van der Waals surface area contributed by atoms with Gasteiger partial charge in [0.1, 0.15) is 0 Å². The van der Waals surface area contributed by atoms with E-state index in [4.69, 9.17) is 5.73 Å². The third-order valence-corrected chi connectivity index (χ3v) is 3.77. The van der Waals surface area contributed by atoms with E-state index < -0.39 is 0 Å². The molecule has 3 heteroatoms. The smallest absolute Gasteiger partial charge is 0.227 e. The lowest BCUT2D eigenvalue weighted by molar-refractivity contribution is -0.137. The van der Waals surface area contributed by atoms with Crippen molar-refractivity contribution in [3.8, 4) is 0 Å². The molecule has 94 valence electrons. The van der Waals surface area contributed by atoms with Crippen molar-refractivity contribution in [2.75, 3.05) is 19.6 Å². The van der Waals surface area contributed by atoms with Crippen molar-refractivity contribution in [3.63, 3.8) is 0 Å². The Morgan fingerprint density at radius 3 is 2.38 bits per heavy atom. The second-order valence-corrected chi connectivity index (χ2v) is 5.26. The Morgan fingerprint density at radius 1 is 1.44 bits per heavy atom. The molecule has 0 aromatic heterocycles. The van der Waals surface area contributed by atoms with Crippen molar-refractivity contribution in [1.29, 1.82) is 0 Å². The van der Waals surface area contributed by atoms with E-state index in [2.05, 4.69) is 20.8 Å². The zero-order valence-corrected chi connectivity index (χ0v) is 10.9. The van der Waals surface area contributed by atoms with Crippen LogP contribution in [0.4, 0.5) is 0 Å². The molecule has 0 saturated heterocycles. The van der Waals surface area contributed by atoms with Gasteiger partial charge in [0.15, 0.2) is 0 Å². The first-order valence-corrected chi connectivity index (χ1v) is 6.59. The van der Waals surface area contributed by atoms with Gasteiger partial charge in [-0.25, -0.2) is 0 Å². The van der Waals surface area contributed by atoms with Crippen LogP contribution in [-0.2, 0) is 4.79 Å². The number of nitrogens with two attached hydrogens (primary N) is 1. The van der Waals surface area contributed by atoms with E-state index in [1.807, 2.05) is 4.90 Å². The van der Waals surface area contributed by atoms with Crippen molar-refractivity contribution in [1.82, 2.24) is 4.90 Å². The van der Waals surface area contributed by atoms with E-state index in [9.17, 15) is 4.79 Å². The Kier molecular flexibility index (Phi) is 5.26. The lowest BCUT2D eigenvalue weighted by Gasteiger charge is -2.34. The van der Waals surface area contributed by atoms with E-state index in [0.717, 1.165) is 19.0 Å². The highest BCUT2D eigenvalue weighted by molar-refractivity contribution is 5.79. The Morgan fingerprint density at radius 2 is 2.06 bits per heavy atom. The minimum Gasteiger partial charge on any atom is -0.342 e. The molecule has 0 aliphatic heterocycles. The molecule has 2 N–H and O–H groups in total. The molecule has 3 nitrogen and oxygen atoms in total. The minimum absolute atomic E-state index is 0.0000246. The van der Waals surface area contributed by atoms with E-state index in [-0.39, 0.29) is 11.8 Å². The first kappa shape index (κ1) is 13.5. The number of carbonyl (C=O) groups is 1. The quantitative estimate of drug-likeness (QED) is 0.751. The van der Waals surface area contributed by atoms with Crippen LogP contribution in [0.5, 0.6) is 0 Å². The number of rotatable bonds is 6. The third kappa shape index (κ3) is 3.21. The normalized spacial score (nSPS) is 18.3. The molecule has 1 unspecified atom stereocenters. The lowest BCUT2D eigenvalue weighted by Crippen LogP contribution is -2.44. The van der Waals surface area contributed by atoms with Crippen LogP contribution in [0.1, 0.15) is 40.0 Å². The van der Waals surface area contributed by atoms with Crippen LogP contribution >= 0.6 is 0 Å². The van der Waals surface area contributed by atoms with Gasteiger partial charge in [-0.15, -0.1) is 0 Å². The molecule has 1 atom stereocenters. The van der Waals surface area contributed by atoms with Gasteiger partial charge in [0.05, 0.1) is 5.92 Å². The summed E-state index contributed by atoms with van der Waals surface area (Å²) in [4.78, 5) is 14.3. The highest BCUT2D eigenvalue weighted by Crippen LogP contribution is 2.27. The average Bonchev–Trinajstić information content (AvgIpc) is 2.16. The van der Waals surface area contributed by atoms with Crippen molar-refractivity contribution in [2.24, 2.45) is 23.5 Å². The second kappa shape index (κ2) is 6.24. The molecule has 0 heterocycles. The van der Waals surface area contributed by atoms with Gasteiger partial charge in [0, 0.05) is 19.6 Å². The molecular formula is C13H26N2O. The summed E-state index contributed by atoms with van der Waals surface area (Å²) in [6, 6.07) is 0. The SMILES string of the molecule is CCN(CC1CCC1)C(=O)C(CN)C(C)C. The largest absolute Gasteiger partial charge is 0.342 e. The summed E-state index contributed by atoms with van der Waals surface area (Å²) in [6.45, 7) is 8.44. The molecule has 1 aliphatic carbocycles. The van der Waals surface area contributed by atoms with Crippen LogP contribution in [0.2, 0.25) is 0 Å². The molecule has 1 fully saturated rings. The summed E-state index contributed by atoms with van der Waals surface area (Å²) in [5.41, 5.74) is 5.70. The summed E-state index contributed by atoms with van der Waals surface area (Å²) in [7, 11) is 0. The van der Waals surface area contributed by atoms with Crippen molar-refractivity contribution >= 4 is 5.91 Å². The molecule has 1 saturated carbocycles. The summed E-state index contributed by atoms with van der Waals surface area (Å²) in [5, 5.41) is 0. The fourth-order valence-electron chi connectivity index (χ4n) is 2.25. The Balaban J connectivity index is 2.52. The predicted octanol–water partition coefficient (Wildman–Crippen LogP) is 1.87. The highest BCUT2D eigenvalue weighted by Gasteiger charge is 2.28. The van der Waals surface area contributed by atoms with Crippen LogP contribution in [0.25, 0.3) is 0 Å². The number of hydrogen-bond donors (Lipinski definition) is 1. The van der Waals surface area contributed by atoms with Gasteiger partial charge in [0.2, 0.25) is 5.91 Å². The van der Waals surface area contributed by atoms with Crippen molar-refractivity contribution in [2.45, 2.75) is 40.0 Å². The standard InChI is InChI=1S/C13H26N2O/c1-4-15(9-11-6-5-7-11)13(16)12(8-14)10(2)3/h10-12H,4-9,14H2,1-3H3. The molecule has 1 aliphatic rings. The third-order valence-electron chi connectivity index (χ3n) is 3.77. The van der Waals surface area contributed by atoms with Crippen LogP contribution in [0.15, 0.2) is 0 Å². The second-order valence-electron chi connectivity index (χ2n) is 5.26. The summed E-state index contributed by atoms with van der Waals surface area (Å²) < 4.78 is 0. The van der Waals surface area contributed by atoms with Gasteiger partial charge >= 0.3 is 0 Å². The summed E-state index contributed by atoms with van der Waals surface area (Å²) in [5.74, 6) is 1.34. The zero-order valence-electron chi connectivity index (χ0n) is 10.9. The molecule has 0 bridgehead atoms. The number of hydrogen-bond acceptors (Lipinski definition) is 2. The topological polar surface area (TPSA) is 46.3 Å². The van der Waals surface area contributed by atoms with Crippen molar-refractivity contribution in [3.05, 3.63) is 0 Å². The maximum atomic E-state index is 12.3. The van der Waals surface area contributed by atoms with Gasteiger partial charge in [-0.1, -0.05) is 20.3 Å². The van der Waals surface area contributed by atoms with E-state index in [1.54, 1.807) is 0 Å². The molecule has 1 rings (SSSR count). The fourth-order valence-corrected chi connectivity index (χ4v) is 2.25. The Hall–Kier alpha value is -0.570. The maximum Gasteiger partial charge on any atom is 0.227 e. The number of nitrogens with zero attached hydrogens (tertiary/aromatic N) is 1. The maximum absolute atomic E-state index is 12.3. The average molecular weight is 226 g/mol. The summed E-state index contributed by atoms with van der Waals surface area (Å²) >= 11 is 0. The van der Waals surface area contributed by atoms with E-state index >= 15 is 0 Å². The van der Waals surface area contributed by atoms with Gasteiger partial charge in [-0.05, 0) is 31.6 Å². The fraction of sp³-hybridized carbons (Fsp3) is 0.923. The highest BCUT2D eigenvalue weighted by atomic mass is 16.2. The van der Waals surface area contributed by atoms with Crippen molar-refractivity contribution < 1.29 is 4.79 Å². The molecule has 1 amide bonds. The van der Waals surface area contributed by atoms with Gasteiger partial charge in [-0.2, -0.15) is 0 Å². The molecular weight excluding hydrogens is 200 g/mol. The molecule has 16 heavy (non-hydrogen) atoms. The predicted molar refractivity (Wildman–Crippen MR) is 67.0 cm³/mol. The van der Waals surface area contributed by atoms with E-state index in [1.165, 1.54) is 19.3 Å². The Bertz CT molecular complexity index is 224. The number of carbonyl (C=O) groups excluding carboxylic acids is 1. The lowest BCUT2D eigenvalue weighted by atomic mass is 9.84. The van der Waals surface area contributed by atoms with Gasteiger partial charge in [0.25, 0.3) is 0 Å². The van der Waals surface area contributed by atoms with Crippen LogP contribution in [0, 0.1) is 17.8 Å². The monoisotopic (exact) mass is 226 g/mol. The zero-order chi connectivity index (χ0) is 12.1. The molecule has 0 aromatic rings. The van der Waals surface area contributed by atoms with Gasteiger partial charge < -0.3 is 10.6 Å². The first-order valence-electron chi connectivity index (χ1n) is 6.59. The number of amides is 1. The summed E-state index contributed by atoms with van der Waals surface area (Å²) in [6.07, 6.45) is 3.92. The molecule has 0 radical (unpaired) electrons. The van der Waals surface area contributed by atoms with Crippen LogP contribution in [-0.4, -0.2) is 30.4 Å². The Labute approximate surface area is 99.4 Å². The van der Waals surface area contributed by atoms with E-state index in [0.29, 0.717) is 12.5 Å².